The minimum atomic E-state index is 0.0531. The SMILES string of the molecule is Cc1ccc(-c2c3nc(c(-c4ccc(C)cc4)c4ccc(s4)c(-c4ccc(C(C)(C)C)cc4)c4nc(c(-c5ccc(C(C)(C)C)cc5)c5ccc2s5)C=C4)C=C3)cc1. The maximum atomic E-state index is 5.56. The van der Waals surface area contributed by atoms with Gasteiger partial charge >= 0.3 is 0 Å². The Hall–Kier alpha value is -5.68. The summed E-state index contributed by atoms with van der Waals surface area (Å²) in [5.41, 5.74) is 18.2. The lowest BCUT2D eigenvalue weighted by atomic mass is 9.86. The maximum absolute atomic E-state index is 5.56. The predicted molar refractivity (Wildman–Crippen MR) is 255 cm³/mol. The van der Waals surface area contributed by atoms with E-state index in [1.807, 2.05) is 22.7 Å². The molecule has 0 aliphatic carbocycles. The van der Waals surface area contributed by atoms with Crippen LogP contribution in [0.3, 0.4) is 0 Å². The van der Waals surface area contributed by atoms with Gasteiger partial charge in [-0.2, -0.15) is 0 Å². The molecule has 0 unspecified atom stereocenters. The van der Waals surface area contributed by atoms with E-state index in [1.54, 1.807) is 0 Å². The van der Waals surface area contributed by atoms with Crippen LogP contribution in [0.5, 0.6) is 0 Å². The molecule has 0 N–H and O–H groups in total. The van der Waals surface area contributed by atoms with Crippen LogP contribution in [-0.4, -0.2) is 9.97 Å². The third kappa shape index (κ3) is 7.21. The third-order valence-corrected chi connectivity index (χ3v) is 13.5. The Labute approximate surface area is 351 Å². The Bertz CT molecular complexity index is 2730. The molecule has 0 spiro atoms. The largest absolute Gasteiger partial charge is 0.248 e. The summed E-state index contributed by atoms with van der Waals surface area (Å²) in [4.78, 5) is 11.1. The number of hydrogen-bond acceptors (Lipinski definition) is 4. The number of hydrogen-bond donors (Lipinski definition) is 0. The molecule has 7 aromatic rings. The van der Waals surface area contributed by atoms with E-state index in [9.17, 15) is 0 Å². The molecule has 2 aliphatic heterocycles. The second-order valence-electron chi connectivity index (χ2n) is 17.6. The quantitative estimate of drug-likeness (QED) is 0.177. The molecule has 4 heteroatoms. The second kappa shape index (κ2) is 14.6. The summed E-state index contributed by atoms with van der Waals surface area (Å²) in [5, 5.41) is 0. The van der Waals surface area contributed by atoms with Gasteiger partial charge in [-0.05, 0) is 107 Å². The van der Waals surface area contributed by atoms with Crippen LogP contribution in [0.15, 0.2) is 121 Å². The molecular weight excluding hydrogens is 741 g/mol. The first-order valence-electron chi connectivity index (χ1n) is 20.1. The molecule has 0 saturated carbocycles. The average Bonchev–Trinajstić information content (AvgIpc) is 4.04. The van der Waals surface area contributed by atoms with Crippen molar-refractivity contribution >= 4 is 65.8 Å². The van der Waals surface area contributed by atoms with Gasteiger partial charge in [-0.25, -0.2) is 9.97 Å². The van der Waals surface area contributed by atoms with Gasteiger partial charge in [-0.1, -0.05) is 150 Å². The summed E-state index contributed by atoms with van der Waals surface area (Å²) >= 11 is 3.63. The zero-order chi connectivity index (χ0) is 40.3. The number of thiophene rings is 2. The smallest absolute Gasteiger partial charge is 0.0730 e. The Morgan fingerprint density at radius 2 is 0.569 bits per heavy atom. The lowest BCUT2D eigenvalue weighted by Gasteiger charge is -2.19. The van der Waals surface area contributed by atoms with Gasteiger partial charge in [0.1, 0.15) is 0 Å². The molecule has 0 saturated heterocycles. The van der Waals surface area contributed by atoms with Gasteiger partial charge in [-0.3, -0.25) is 0 Å². The van der Waals surface area contributed by atoms with Crippen molar-refractivity contribution < 1.29 is 0 Å². The van der Waals surface area contributed by atoms with E-state index >= 15 is 0 Å². The molecule has 0 radical (unpaired) electrons. The van der Waals surface area contributed by atoms with E-state index in [2.05, 4.69) is 201 Å². The molecule has 4 aromatic carbocycles. The number of benzene rings is 4. The van der Waals surface area contributed by atoms with Crippen molar-refractivity contribution in [2.24, 2.45) is 0 Å². The second-order valence-corrected chi connectivity index (χ2v) is 19.8. The minimum absolute atomic E-state index is 0.0531. The van der Waals surface area contributed by atoms with Crippen LogP contribution in [0.4, 0.5) is 0 Å². The Kier molecular flexibility index (Phi) is 9.54. The first kappa shape index (κ1) is 37.9. The predicted octanol–water partition coefficient (Wildman–Crippen LogP) is 16.0. The van der Waals surface area contributed by atoms with Crippen molar-refractivity contribution in [1.82, 2.24) is 9.97 Å². The van der Waals surface area contributed by atoms with E-state index in [4.69, 9.17) is 9.97 Å². The molecule has 0 fully saturated rings. The van der Waals surface area contributed by atoms with Crippen LogP contribution >= 0.6 is 22.7 Å². The lowest BCUT2D eigenvalue weighted by molar-refractivity contribution is 0.590. The molecule has 8 bridgehead atoms. The Morgan fingerprint density at radius 3 is 0.810 bits per heavy atom. The van der Waals surface area contributed by atoms with Gasteiger partial charge < -0.3 is 0 Å². The van der Waals surface area contributed by atoms with Crippen LogP contribution in [0.2, 0.25) is 0 Å². The highest BCUT2D eigenvalue weighted by Crippen LogP contribution is 2.43. The summed E-state index contributed by atoms with van der Waals surface area (Å²) in [7, 11) is 0. The molecule has 286 valence electrons. The Morgan fingerprint density at radius 1 is 0.328 bits per heavy atom. The first-order valence-corrected chi connectivity index (χ1v) is 21.8. The summed E-state index contributed by atoms with van der Waals surface area (Å²) in [6.45, 7) is 17.9. The van der Waals surface area contributed by atoms with Crippen molar-refractivity contribution in [3.8, 4) is 44.5 Å². The number of nitrogens with zero attached hydrogens (tertiary/aromatic N) is 2. The van der Waals surface area contributed by atoms with E-state index in [0.29, 0.717) is 0 Å². The summed E-state index contributed by atoms with van der Waals surface area (Å²) in [6.07, 6.45) is 8.85. The van der Waals surface area contributed by atoms with Crippen LogP contribution in [0, 0.1) is 13.8 Å². The molecule has 5 heterocycles. The number of fused-ring (bicyclic) bond motifs is 8. The topological polar surface area (TPSA) is 25.8 Å². The normalized spacial score (nSPS) is 12.7. The fourth-order valence-corrected chi connectivity index (χ4v) is 10.2. The van der Waals surface area contributed by atoms with Crippen molar-refractivity contribution in [3.63, 3.8) is 0 Å². The van der Waals surface area contributed by atoms with Gasteiger partial charge in [0.15, 0.2) is 0 Å². The highest BCUT2D eigenvalue weighted by molar-refractivity contribution is 7.24. The van der Waals surface area contributed by atoms with Crippen LogP contribution in [0.25, 0.3) is 87.6 Å². The zero-order valence-electron chi connectivity index (χ0n) is 34.6. The van der Waals surface area contributed by atoms with Gasteiger partial charge in [0, 0.05) is 41.1 Å². The van der Waals surface area contributed by atoms with Gasteiger partial charge in [0.2, 0.25) is 0 Å². The highest BCUT2D eigenvalue weighted by atomic mass is 32.1. The van der Waals surface area contributed by atoms with Crippen LogP contribution < -0.4 is 0 Å². The molecule has 2 nitrogen and oxygen atoms in total. The van der Waals surface area contributed by atoms with E-state index in [-0.39, 0.29) is 10.8 Å². The zero-order valence-corrected chi connectivity index (χ0v) is 36.2. The van der Waals surface area contributed by atoms with Crippen molar-refractivity contribution in [2.45, 2.75) is 66.2 Å². The van der Waals surface area contributed by atoms with Crippen molar-refractivity contribution in [3.05, 3.63) is 166 Å². The number of aryl methyl sites for hydroxylation is 2. The third-order valence-electron chi connectivity index (χ3n) is 11.3. The van der Waals surface area contributed by atoms with E-state index < -0.39 is 0 Å². The standard InChI is InChI=1S/C54H48N2S2/c1-33-9-13-35(14-10-33)49-41-25-26-42(55-41)50(36-15-11-34(2)12-16-36)46-30-32-48(58-46)52(38-19-23-40(24-20-38)54(6,7)8)44-28-27-43(56-44)51(47-31-29-45(49)57-47)37-17-21-39(22-18-37)53(3,4)5/h9-32H,1-8H3. The van der Waals surface area contributed by atoms with E-state index in [0.717, 1.165) is 67.3 Å². The first-order chi connectivity index (χ1) is 27.8. The summed E-state index contributed by atoms with van der Waals surface area (Å²) < 4.78 is 4.70. The lowest BCUT2D eigenvalue weighted by Crippen LogP contribution is -2.10. The van der Waals surface area contributed by atoms with Crippen molar-refractivity contribution in [1.29, 1.82) is 0 Å². The van der Waals surface area contributed by atoms with Gasteiger partial charge in [-0.15, -0.1) is 22.7 Å². The molecule has 9 rings (SSSR count). The molecule has 58 heavy (non-hydrogen) atoms. The van der Waals surface area contributed by atoms with Crippen LogP contribution in [-0.2, 0) is 10.8 Å². The van der Waals surface area contributed by atoms with Crippen molar-refractivity contribution in [2.75, 3.05) is 0 Å². The number of rotatable bonds is 4. The Balaban J connectivity index is 1.43. The fraction of sp³-hybridized carbons (Fsp3) is 0.185. The molecular formula is C54H48N2S2. The minimum Gasteiger partial charge on any atom is -0.248 e. The summed E-state index contributed by atoms with van der Waals surface area (Å²) in [6, 6.07) is 45.1. The molecule has 3 aromatic heterocycles. The van der Waals surface area contributed by atoms with Crippen LogP contribution in [0.1, 0.15) is 86.6 Å². The van der Waals surface area contributed by atoms with Gasteiger partial charge in [0.25, 0.3) is 0 Å². The average molecular weight is 789 g/mol. The molecule has 0 atom stereocenters. The van der Waals surface area contributed by atoms with Gasteiger partial charge in [0.05, 0.1) is 22.8 Å². The fourth-order valence-electron chi connectivity index (χ4n) is 7.87. The number of aromatic nitrogens is 2. The highest BCUT2D eigenvalue weighted by Gasteiger charge is 2.21. The van der Waals surface area contributed by atoms with E-state index in [1.165, 1.54) is 41.1 Å². The molecule has 0 amide bonds. The monoisotopic (exact) mass is 788 g/mol. The molecule has 2 aliphatic rings. The maximum Gasteiger partial charge on any atom is 0.0730 e. The summed E-state index contributed by atoms with van der Waals surface area (Å²) in [5.74, 6) is 0.